The molecule has 0 aromatic carbocycles. The Bertz CT molecular complexity index is 464. The minimum absolute atomic E-state index is 0. The Balaban J connectivity index is 0.00000220. The van der Waals surface area contributed by atoms with E-state index >= 15 is 0 Å². The lowest BCUT2D eigenvalue weighted by atomic mass is 9.92. The van der Waals surface area contributed by atoms with E-state index in [9.17, 15) is 4.79 Å². The molecule has 0 saturated carbocycles. The molecule has 1 aromatic rings. The second kappa shape index (κ2) is 7.80. The van der Waals surface area contributed by atoms with Crippen LogP contribution in [0.15, 0.2) is 10.6 Å². The molecule has 1 amide bonds. The van der Waals surface area contributed by atoms with Gasteiger partial charge in [0.1, 0.15) is 0 Å². The second-order valence-electron chi connectivity index (χ2n) is 5.94. The average Bonchev–Trinajstić information content (AvgIpc) is 2.95. The van der Waals surface area contributed by atoms with E-state index in [0.29, 0.717) is 24.1 Å². The van der Waals surface area contributed by atoms with Crippen molar-refractivity contribution >= 4 is 18.3 Å². The van der Waals surface area contributed by atoms with Crippen LogP contribution in [0.3, 0.4) is 0 Å². The molecular formula is C15H26ClN3O2. The van der Waals surface area contributed by atoms with Gasteiger partial charge >= 0.3 is 0 Å². The van der Waals surface area contributed by atoms with Gasteiger partial charge in [-0.25, -0.2) is 0 Å². The standard InChI is InChI=1S/C15H25N3O2.ClH/c1-4-11(3)13-8-14(20-17-13)15(19)18-6-5-10(2)7-12(18)9-16;/h8,10-12H,4-7,9,16H2,1-3H3;1H. The summed E-state index contributed by atoms with van der Waals surface area (Å²) in [7, 11) is 0. The number of nitrogens with zero attached hydrogens (tertiary/aromatic N) is 2. The summed E-state index contributed by atoms with van der Waals surface area (Å²) >= 11 is 0. The Labute approximate surface area is 132 Å². The Morgan fingerprint density at radius 1 is 1.62 bits per heavy atom. The highest BCUT2D eigenvalue weighted by Gasteiger charge is 2.31. The first-order valence-electron chi connectivity index (χ1n) is 7.54. The highest BCUT2D eigenvalue weighted by atomic mass is 35.5. The van der Waals surface area contributed by atoms with Gasteiger partial charge in [-0.1, -0.05) is 25.9 Å². The molecule has 21 heavy (non-hydrogen) atoms. The number of nitrogens with two attached hydrogens (primary N) is 1. The number of piperidine rings is 1. The van der Waals surface area contributed by atoms with Crippen LogP contribution in [0.5, 0.6) is 0 Å². The Morgan fingerprint density at radius 3 is 2.95 bits per heavy atom. The molecule has 1 aromatic heterocycles. The maximum atomic E-state index is 12.5. The quantitative estimate of drug-likeness (QED) is 0.927. The smallest absolute Gasteiger partial charge is 0.292 e. The largest absolute Gasteiger partial charge is 0.351 e. The summed E-state index contributed by atoms with van der Waals surface area (Å²) in [6.07, 6.45) is 2.97. The van der Waals surface area contributed by atoms with Crippen LogP contribution in [-0.4, -0.2) is 35.1 Å². The van der Waals surface area contributed by atoms with Crippen LogP contribution in [0.2, 0.25) is 0 Å². The Kier molecular flexibility index (Phi) is 6.68. The van der Waals surface area contributed by atoms with Crippen LogP contribution in [-0.2, 0) is 0 Å². The van der Waals surface area contributed by atoms with Gasteiger partial charge in [0.25, 0.3) is 5.91 Å². The molecule has 5 nitrogen and oxygen atoms in total. The number of carbonyl (C=O) groups excluding carboxylic acids is 1. The van der Waals surface area contributed by atoms with Crippen LogP contribution in [0.4, 0.5) is 0 Å². The molecule has 0 bridgehead atoms. The molecule has 120 valence electrons. The Hall–Kier alpha value is -1.07. The fraction of sp³-hybridized carbons (Fsp3) is 0.733. The zero-order valence-corrected chi connectivity index (χ0v) is 13.9. The molecule has 0 radical (unpaired) electrons. The first kappa shape index (κ1) is 18.0. The van der Waals surface area contributed by atoms with Crippen molar-refractivity contribution in [3.05, 3.63) is 17.5 Å². The minimum Gasteiger partial charge on any atom is -0.351 e. The van der Waals surface area contributed by atoms with Gasteiger partial charge < -0.3 is 15.2 Å². The molecule has 6 heteroatoms. The zero-order chi connectivity index (χ0) is 14.7. The van der Waals surface area contributed by atoms with E-state index in [1.165, 1.54) is 0 Å². The molecular weight excluding hydrogens is 290 g/mol. The maximum absolute atomic E-state index is 12.5. The van der Waals surface area contributed by atoms with Crippen LogP contribution in [0, 0.1) is 5.92 Å². The van der Waals surface area contributed by atoms with Crippen molar-refractivity contribution in [3.8, 4) is 0 Å². The number of hydrogen-bond acceptors (Lipinski definition) is 4. The number of carbonyl (C=O) groups is 1. The van der Waals surface area contributed by atoms with E-state index in [4.69, 9.17) is 10.3 Å². The van der Waals surface area contributed by atoms with E-state index in [2.05, 4.69) is 25.9 Å². The predicted octanol–water partition coefficient (Wildman–Crippen LogP) is 2.81. The average molecular weight is 316 g/mol. The van der Waals surface area contributed by atoms with E-state index in [-0.39, 0.29) is 24.4 Å². The number of halogens is 1. The van der Waals surface area contributed by atoms with Gasteiger partial charge in [-0.05, 0) is 25.2 Å². The highest BCUT2D eigenvalue weighted by Crippen LogP contribution is 2.25. The number of hydrogen-bond donors (Lipinski definition) is 1. The van der Waals surface area contributed by atoms with Crippen LogP contribution >= 0.6 is 12.4 Å². The van der Waals surface area contributed by atoms with Gasteiger partial charge in [0.05, 0.1) is 5.69 Å². The van der Waals surface area contributed by atoms with Crippen molar-refractivity contribution < 1.29 is 9.32 Å². The number of amides is 1. The number of aromatic nitrogens is 1. The fourth-order valence-corrected chi connectivity index (χ4v) is 2.72. The van der Waals surface area contributed by atoms with Gasteiger partial charge in [-0.2, -0.15) is 0 Å². The lowest BCUT2D eigenvalue weighted by Crippen LogP contribution is -2.49. The number of rotatable bonds is 4. The third-order valence-electron chi connectivity index (χ3n) is 4.37. The van der Waals surface area contributed by atoms with Gasteiger partial charge in [-0.15, -0.1) is 12.4 Å². The lowest BCUT2D eigenvalue weighted by Gasteiger charge is -2.37. The summed E-state index contributed by atoms with van der Waals surface area (Å²) in [5.41, 5.74) is 6.66. The van der Waals surface area contributed by atoms with E-state index in [1.54, 1.807) is 6.07 Å². The topological polar surface area (TPSA) is 72.4 Å². The summed E-state index contributed by atoms with van der Waals surface area (Å²) in [5, 5.41) is 4.01. The van der Waals surface area contributed by atoms with Crippen LogP contribution in [0.25, 0.3) is 0 Å². The highest BCUT2D eigenvalue weighted by molar-refractivity contribution is 5.91. The second-order valence-corrected chi connectivity index (χ2v) is 5.94. The molecule has 1 aliphatic heterocycles. The predicted molar refractivity (Wildman–Crippen MR) is 84.7 cm³/mol. The van der Waals surface area contributed by atoms with Crippen LogP contribution in [0.1, 0.15) is 62.2 Å². The van der Waals surface area contributed by atoms with Gasteiger partial charge in [0.15, 0.2) is 0 Å². The summed E-state index contributed by atoms with van der Waals surface area (Å²) < 4.78 is 5.24. The molecule has 3 atom stereocenters. The fourth-order valence-electron chi connectivity index (χ4n) is 2.72. The first-order valence-corrected chi connectivity index (χ1v) is 7.54. The summed E-state index contributed by atoms with van der Waals surface area (Å²) in [4.78, 5) is 14.4. The number of likely N-dealkylation sites (tertiary alicyclic amines) is 1. The lowest BCUT2D eigenvalue weighted by molar-refractivity contribution is 0.0532. The van der Waals surface area contributed by atoms with Crippen molar-refractivity contribution in [2.45, 2.75) is 52.0 Å². The summed E-state index contributed by atoms with van der Waals surface area (Å²) in [6.45, 7) is 7.64. The first-order chi connectivity index (χ1) is 9.56. The third-order valence-corrected chi connectivity index (χ3v) is 4.37. The van der Waals surface area contributed by atoms with Crippen molar-refractivity contribution in [2.24, 2.45) is 11.7 Å². The molecule has 0 spiro atoms. The van der Waals surface area contributed by atoms with Crippen molar-refractivity contribution in [2.75, 3.05) is 13.1 Å². The molecule has 1 saturated heterocycles. The van der Waals surface area contributed by atoms with Crippen molar-refractivity contribution in [1.82, 2.24) is 10.1 Å². The van der Waals surface area contributed by atoms with Gasteiger partial charge in [0, 0.05) is 31.1 Å². The molecule has 2 heterocycles. The minimum atomic E-state index is -0.0746. The Morgan fingerprint density at radius 2 is 2.33 bits per heavy atom. The van der Waals surface area contributed by atoms with Gasteiger partial charge in [0.2, 0.25) is 5.76 Å². The van der Waals surface area contributed by atoms with Crippen molar-refractivity contribution in [3.63, 3.8) is 0 Å². The normalized spacial score (nSPS) is 23.5. The monoisotopic (exact) mass is 315 g/mol. The molecule has 1 fully saturated rings. The van der Waals surface area contributed by atoms with E-state index < -0.39 is 0 Å². The zero-order valence-electron chi connectivity index (χ0n) is 13.0. The third kappa shape index (κ3) is 3.98. The van der Waals surface area contributed by atoms with Crippen molar-refractivity contribution in [1.29, 1.82) is 0 Å². The molecule has 0 aliphatic carbocycles. The summed E-state index contributed by atoms with van der Waals surface area (Å²) in [6, 6.07) is 1.89. The SMILES string of the molecule is CCC(C)c1cc(C(=O)N2CCC(C)CC2CN)on1.Cl. The van der Waals surface area contributed by atoms with Gasteiger partial charge in [-0.3, -0.25) is 4.79 Å². The molecule has 2 rings (SSSR count). The van der Waals surface area contributed by atoms with E-state index in [1.807, 2.05) is 4.90 Å². The van der Waals surface area contributed by atoms with E-state index in [0.717, 1.165) is 31.5 Å². The maximum Gasteiger partial charge on any atom is 0.292 e. The molecule has 2 N–H and O–H groups in total. The summed E-state index contributed by atoms with van der Waals surface area (Å²) in [5.74, 6) is 1.20. The molecule has 3 unspecified atom stereocenters. The van der Waals surface area contributed by atoms with Crippen LogP contribution < -0.4 is 5.73 Å². The molecule has 1 aliphatic rings.